The zero-order valence-electron chi connectivity index (χ0n) is 9.98. The van der Waals surface area contributed by atoms with Gasteiger partial charge in [0, 0.05) is 0 Å². The number of hydrogen-bond acceptors (Lipinski definition) is 4. The summed E-state index contributed by atoms with van der Waals surface area (Å²) in [6.07, 6.45) is 0.522. The minimum Gasteiger partial charge on any atom is -0.465 e. The van der Waals surface area contributed by atoms with Crippen LogP contribution in [0.15, 0.2) is 17.0 Å². The lowest BCUT2D eigenvalue weighted by molar-refractivity contribution is 0.0599. The number of methoxy groups -OCH3 is 1. The van der Waals surface area contributed by atoms with Crippen LogP contribution >= 0.6 is 0 Å². The first-order valence-corrected chi connectivity index (χ1v) is 6.60. The molecular formula is C11H15NO4S. The molecule has 0 heterocycles. The van der Waals surface area contributed by atoms with Crippen LogP contribution in [0.5, 0.6) is 0 Å². The molecule has 5 nitrogen and oxygen atoms in total. The second kappa shape index (κ2) is 4.85. The van der Waals surface area contributed by atoms with Gasteiger partial charge < -0.3 is 4.74 Å². The predicted octanol–water partition coefficient (Wildman–Crippen LogP) is 0.991. The Morgan fingerprint density at radius 2 is 2.00 bits per heavy atom. The van der Waals surface area contributed by atoms with E-state index in [-0.39, 0.29) is 10.5 Å². The Kier molecular flexibility index (Phi) is 3.90. The summed E-state index contributed by atoms with van der Waals surface area (Å²) in [6, 6.07) is 2.92. The van der Waals surface area contributed by atoms with Gasteiger partial charge in [-0.15, -0.1) is 0 Å². The average Bonchev–Trinajstić information content (AvgIpc) is 2.25. The maximum atomic E-state index is 11.5. The van der Waals surface area contributed by atoms with Gasteiger partial charge >= 0.3 is 5.97 Å². The number of aryl methyl sites for hydroxylation is 2. The second-order valence-electron chi connectivity index (χ2n) is 3.66. The van der Waals surface area contributed by atoms with E-state index in [1.165, 1.54) is 13.2 Å². The van der Waals surface area contributed by atoms with Crippen LogP contribution in [0.25, 0.3) is 0 Å². The molecule has 0 atom stereocenters. The molecule has 0 aliphatic rings. The van der Waals surface area contributed by atoms with E-state index in [2.05, 4.69) is 4.74 Å². The van der Waals surface area contributed by atoms with Crippen molar-refractivity contribution in [3.05, 3.63) is 28.8 Å². The predicted molar refractivity (Wildman–Crippen MR) is 63.3 cm³/mol. The minimum atomic E-state index is -3.83. The molecule has 0 spiro atoms. The van der Waals surface area contributed by atoms with Gasteiger partial charge in [0.2, 0.25) is 10.0 Å². The third-order valence-electron chi connectivity index (χ3n) is 2.50. The summed E-state index contributed by atoms with van der Waals surface area (Å²) in [5, 5.41) is 5.11. The smallest absolute Gasteiger partial charge is 0.338 e. The first-order chi connectivity index (χ1) is 7.81. The van der Waals surface area contributed by atoms with Crippen LogP contribution in [-0.4, -0.2) is 21.5 Å². The van der Waals surface area contributed by atoms with Crippen LogP contribution < -0.4 is 5.14 Å². The zero-order chi connectivity index (χ0) is 13.2. The number of primary sulfonamides is 1. The van der Waals surface area contributed by atoms with E-state index in [4.69, 9.17) is 5.14 Å². The molecule has 6 heteroatoms. The summed E-state index contributed by atoms with van der Waals surface area (Å²) in [6.45, 7) is 3.54. The first-order valence-electron chi connectivity index (χ1n) is 5.06. The monoisotopic (exact) mass is 257 g/mol. The molecule has 0 bridgehead atoms. The summed E-state index contributed by atoms with van der Waals surface area (Å²) in [5.74, 6) is -0.574. The molecule has 1 aromatic carbocycles. The molecule has 0 amide bonds. The van der Waals surface area contributed by atoms with Gasteiger partial charge in [-0.3, -0.25) is 0 Å². The van der Waals surface area contributed by atoms with Crippen molar-refractivity contribution in [2.45, 2.75) is 25.2 Å². The van der Waals surface area contributed by atoms with Crippen LogP contribution in [0.1, 0.15) is 28.4 Å². The summed E-state index contributed by atoms with van der Waals surface area (Å²) in [4.78, 5) is 11.4. The molecule has 1 aromatic rings. The Balaban J connectivity index is 3.54. The van der Waals surface area contributed by atoms with Crippen molar-refractivity contribution in [2.75, 3.05) is 7.11 Å². The Labute approximate surface area is 101 Å². The summed E-state index contributed by atoms with van der Waals surface area (Å²) in [5.41, 5.74) is 1.48. The van der Waals surface area contributed by atoms with E-state index in [0.717, 1.165) is 0 Å². The Morgan fingerprint density at radius 1 is 1.41 bits per heavy atom. The van der Waals surface area contributed by atoms with Crippen LogP contribution in [0, 0.1) is 6.92 Å². The lowest BCUT2D eigenvalue weighted by Crippen LogP contribution is -2.16. The van der Waals surface area contributed by atoms with Gasteiger partial charge in [-0.2, -0.15) is 0 Å². The van der Waals surface area contributed by atoms with Crippen LogP contribution in [0.4, 0.5) is 0 Å². The molecular weight excluding hydrogens is 242 g/mol. The maximum absolute atomic E-state index is 11.5. The molecule has 0 radical (unpaired) electrons. The van der Waals surface area contributed by atoms with E-state index in [1.807, 2.05) is 6.92 Å². The first kappa shape index (κ1) is 13.7. The second-order valence-corrected chi connectivity index (χ2v) is 5.19. The van der Waals surface area contributed by atoms with E-state index < -0.39 is 16.0 Å². The standard InChI is InChI=1S/C11H15NO4S/c1-4-8-5-7(2)9(11(13)16-3)6-10(8)17(12,14)15/h5-6H,4H2,1-3H3,(H2,12,14,15). The van der Waals surface area contributed by atoms with Gasteiger partial charge in [0.05, 0.1) is 17.6 Å². The van der Waals surface area contributed by atoms with Gasteiger partial charge in [-0.05, 0) is 30.5 Å². The van der Waals surface area contributed by atoms with Crippen molar-refractivity contribution in [2.24, 2.45) is 5.14 Å². The number of ether oxygens (including phenoxy) is 1. The molecule has 0 aromatic heterocycles. The Morgan fingerprint density at radius 3 is 2.41 bits per heavy atom. The molecule has 0 aliphatic heterocycles. The molecule has 0 aliphatic carbocycles. The average molecular weight is 257 g/mol. The highest BCUT2D eigenvalue weighted by Gasteiger charge is 2.18. The number of nitrogens with two attached hydrogens (primary N) is 1. The van der Waals surface area contributed by atoms with Gasteiger partial charge in [-0.25, -0.2) is 18.4 Å². The molecule has 0 saturated heterocycles. The normalized spacial score (nSPS) is 11.3. The minimum absolute atomic E-state index is 0.0222. The van der Waals surface area contributed by atoms with Crippen LogP contribution in [0.2, 0.25) is 0 Å². The molecule has 0 saturated carbocycles. The SMILES string of the molecule is CCc1cc(C)c(C(=O)OC)cc1S(N)(=O)=O. The van der Waals surface area contributed by atoms with Gasteiger partial charge in [0.15, 0.2) is 0 Å². The Bertz CT molecular complexity index is 549. The molecule has 17 heavy (non-hydrogen) atoms. The molecule has 1 rings (SSSR count). The number of carbonyl (C=O) groups excluding carboxylic acids is 1. The van der Waals surface area contributed by atoms with E-state index in [9.17, 15) is 13.2 Å². The van der Waals surface area contributed by atoms with Gasteiger partial charge in [0.1, 0.15) is 0 Å². The highest BCUT2D eigenvalue weighted by Crippen LogP contribution is 2.21. The third-order valence-corrected chi connectivity index (χ3v) is 3.49. The van der Waals surface area contributed by atoms with E-state index >= 15 is 0 Å². The molecule has 0 unspecified atom stereocenters. The van der Waals surface area contributed by atoms with Crippen molar-refractivity contribution in [3.8, 4) is 0 Å². The molecule has 2 N–H and O–H groups in total. The number of esters is 1. The van der Waals surface area contributed by atoms with Gasteiger partial charge in [0.25, 0.3) is 0 Å². The van der Waals surface area contributed by atoms with Crippen molar-refractivity contribution < 1.29 is 17.9 Å². The zero-order valence-corrected chi connectivity index (χ0v) is 10.8. The largest absolute Gasteiger partial charge is 0.465 e. The molecule has 0 fully saturated rings. The van der Waals surface area contributed by atoms with Crippen molar-refractivity contribution >= 4 is 16.0 Å². The lowest BCUT2D eigenvalue weighted by Gasteiger charge is -2.10. The van der Waals surface area contributed by atoms with E-state index in [0.29, 0.717) is 17.5 Å². The number of hydrogen-bond donors (Lipinski definition) is 1. The fraction of sp³-hybridized carbons (Fsp3) is 0.364. The van der Waals surface area contributed by atoms with Gasteiger partial charge in [-0.1, -0.05) is 13.0 Å². The van der Waals surface area contributed by atoms with Crippen molar-refractivity contribution in [1.82, 2.24) is 0 Å². The number of rotatable bonds is 3. The highest BCUT2D eigenvalue weighted by atomic mass is 32.2. The lowest BCUT2D eigenvalue weighted by atomic mass is 10.0. The highest BCUT2D eigenvalue weighted by molar-refractivity contribution is 7.89. The van der Waals surface area contributed by atoms with Crippen molar-refractivity contribution in [1.29, 1.82) is 0 Å². The number of sulfonamides is 1. The summed E-state index contributed by atoms with van der Waals surface area (Å²) < 4.78 is 27.4. The summed E-state index contributed by atoms with van der Waals surface area (Å²) in [7, 11) is -2.59. The fourth-order valence-corrected chi connectivity index (χ4v) is 2.47. The maximum Gasteiger partial charge on any atom is 0.338 e. The molecule has 94 valence electrons. The third kappa shape index (κ3) is 2.83. The summed E-state index contributed by atoms with van der Waals surface area (Å²) >= 11 is 0. The topological polar surface area (TPSA) is 86.5 Å². The van der Waals surface area contributed by atoms with Crippen LogP contribution in [0.3, 0.4) is 0 Å². The van der Waals surface area contributed by atoms with E-state index in [1.54, 1.807) is 13.0 Å². The Hall–Kier alpha value is -1.40. The quantitative estimate of drug-likeness (QED) is 0.818. The fourth-order valence-electron chi connectivity index (χ4n) is 1.62. The number of carbonyl (C=O) groups is 1. The van der Waals surface area contributed by atoms with Crippen molar-refractivity contribution in [3.63, 3.8) is 0 Å². The van der Waals surface area contributed by atoms with Crippen LogP contribution in [-0.2, 0) is 21.2 Å². The number of benzene rings is 1.